The van der Waals surface area contributed by atoms with Crippen molar-refractivity contribution in [1.82, 2.24) is 10.3 Å². The van der Waals surface area contributed by atoms with Crippen molar-refractivity contribution in [2.24, 2.45) is 11.3 Å². The molecular weight excluding hydrogens is 256 g/mol. The predicted molar refractivity (Wildman–Crippen MR) is 77.7 cm³/mol. The lowest BCUT2D eigenvalue weighted by Gasteiger charge is -2.31. The van der Waals surface area contributed by atoms with Gasteiger partial charge in [0, 0.05) is 12.5 Å². The van der Waals surface area contributed by atoms with Crippen LogP contribution in [0.1, 0.15) is 62.7 Å². The first-order valence-electron chi connectivity index (χ1n) is 7.04. The third-order valence-electron chi connectivity index (χ3n) is 3.29. The highest BCUT2D eigenvalue weighted by Crippen LogP contribution is 2.40. The van der Waals surface area contributed by atoms with Crippen molar-refractivity contribution in [1.29, 1.82) is 0 Å². The fourth-order valence-corrected chi connectivity index (χ4v) is 2.67. The molecule has 1 aromatic heterocycles. The SMILES string of the molecule is Cc1oc(C(C(C)C)C(C)(C)C)nc1C(=O)NCCO. The van der Waals surface area contributed by atoms with Crippen LogP contribution in [0.5, 0.6) is 0 Å². The molecule has 1 heterocycles. The van der Waals surface area contributed by atoms with Crippen molar-refractivity contribution >= 4 is 5.91 Å². The van der Waals surface area contributed by atoms with Gasteiger partial charge in [0.25, 0.3) is 5.91 Å². The molecule has 1 atom stereocenters. The average Bonchev–Trinajstić information content (AvgIpc) is 2.65. The van der Waals surface area contributed by atoms with Gasteiger partial charge in [-0.15, -0.1) is 0 Å². The number of hydrogen-bond acceptors (Lipinski definition) is 4. The largest absolute Gasteiger partial charge is 0.445 e. The van der Waals surface area contributed by atoms with Gasteiger partial charge in [0.05, 0.1) is 6.61 Å². The fraction of sp³-hybridized carbons (Fsp3) is 0.733. The zero-order valence-corrected chi connectivity index (χ0v) is 13.3. The van der Waals surface area contributed by atoms with Crippen LogP contribution >= 0.6 is 0 Å². The van der Waals surface area contributed by atoms with Gasteiger partial charge in [-0.3, -0.25) is 4.79 Å². The molecule has 0 aromatic carbocycles. The molecule has 20 heavy (non-hydrogen) atoms. The molecule has 0 saturated heterocycles. The number of nitrogens with zero attached hydrogens (tertiary/aromatic N) is 1. The predicted octanol–water partition coefficient (Wildman–Crippen LogP) is 2.49. The number of hydrogen-bond donors (Lipinski definition) is 2. The van der Waals surface area contributed by atoms with Crippen molar-refractivity contribution in [2.75, 3.05) is 13.2 Å². The summed E-state index contributed by atoms with van der Waals surface area (Å²) in [4.78, 5) is 16.3. The minimum Gasteiger partial charge on any atom is -0.445 e. The van der Waals surface area contributed by atoms with Crippen molar-refractivity contribution in [3.05, 3.63) is 17.3 Å². The molecule has 0 fully saturated rings. The number of aromatic nitrogens is 1. The van der Waals surface area contributed by atoms with Crippen molar-refractivity contribution < 1.29 is 14.3 Å². The Morgan fingerprint density at radius 2 is 2.00 bits per heavy atom. The topological polar surface area (TPSA) is 75.4 Å². The van der Waals surface area contributed by atoms with Gasteiger partial charge in [-0.1, -0.05) is 34.6 Å². The van der Waals surface area contributed by atoms with Gasteiger partial charge >= 0.3 is 0 Å². The zero-order valence-electron chi connectivity index (χ0n) is 13.3. The van der Waals surface area contributed by atoms with Crippen LogP contribution in [0.3, 0.4) is 0 Å². The van der Waals surface area contributed by atoms with Gasteiger partial charge < -0.3 is 14.8 Å². The maximum atomic E-state index is 11.9. The lowest BCUT2D eigenvalue weighted by atomic mass is 9.74. The standard InChI is InChI=1S/C15H26N2O3/c1-9(2)11(15(4,5)6)14-17-12(10(3)20-14)13(19)16-7-8-18/h9,11,18H,7-8H2,1-6H3,(H,16,19). The van der Waals surface area contributed by atoms with Gasteiger partial charge in [-0.25, -0.2) is 4.98 Å². The molecule has 114 valence electrons. The number of carbonyl (C=O) groups is 1. The third kappa shape index (κ3) is 3.82. The molecule has 0 spiro atoms. The molecule has 0 aliphatic carbocycles. The lowest BCUT2D eigenvalue weighted by molar-refractivity contribution is 0.0938. The maximum absolute atomic E-state index is 11.9. The second-order valence-corrected chi connectivity index (χ2v) is 6.52. The number of aliphatic hydroxyl groups excluding tert-OH is 1. The molecule has 0 saturated carbocycles. The number of carbonyl (C=O) groups excluding carboxylic acids is 1. The minimum atomic E-state index is -0.303. The smallest absolute Gasteiger partial charge is 0.273 e. The molecule has 0 radical (unpaired) electrons. The number of nitrogens with one attached hydrogen (secondary N) is 1. The summed E-state index contributed by atoms with van der Waals surface area (Å²) in [6.45, 7) is 12.5. The summed E-state index contributed by atoms with van der Waals surface area (Å²) >= 11 is 0. The van der Waals surface area contributed by atoms with Gasteiger partial charge in [-0.05, 0) is 18.3 Å². The van der Waals surface area contributed by atoms with Crippen LogP contribution in [0.2, 0.25) is 0 Å². The summed E-state index contributed by atoms with van der Waals surface area (Å²) in [7, 11) is 0. The van der Waals surface area contributed by atoms with Crippen LogP contribution in [0.15, 0.2) is 4.42 Å². The van der Waals surface area contributed by atoms with Crippen LogP contribution in [-0.2, 0) is 0 Å². The minimum absolute atomic E-state index is 0.00427. The Hall–Kier alpha value is -1.36. The summed E-state index contributed by atoms with van der Waals surface area (Å²) in [6.07, 6.45) is 0. The normalized spacial score (nSPS) is 13.6. The Kier molecular flexibility index (Phi) is 5.34. The van der Waals surface area contributed by atoms with Crippen molar-refractivity contribution in [2.45, 2.75) is 47.5 Å². The molecule has 1 rings (SSSR count). The van der Waals surface area contributed by atoms with Gasteiger partial charge in [0.2, 0.25) is 0 Å². The molecule has 1 aromatic rings. The van der Waals surface area contributed by atoms with E-state index >= 15 is 0 Å². The first-order chi connectivity index (χ1) is 9.18. The number of aliphatic hydroxyl groups is 1. The fourth-order valence-electron chi connectivity index (χ4n) is 2.67. The molecule has 5 heteroatoms. The molecule has 2 N–H and O–H groups in total. The second-order valence-electron chi connectivity index (χ2n) is 6.52. The highest BCUT2D eigenvalue weighted by molar-refractivity contribution is 5.93. The van der Waals surface area contributed by atoms with E-state index in [1.807, 2.05) is 0 Å². The monoisotopic (exact) mass is 282 g/mol. The van der Waals surface area contributed by atoms with Gasteiger partial charge in [0.15, 0.2) is 11.6 Å². The summed E-state index contributed by atoms with van der Waals surface area (Å²) in [6, 6.07) is 0. The highest BCUT2D eigenvalue weighted by Gasteiger charge is 2.34. The second kappa shape index (κ2) is 6.39. The summed E-state index contributed by atoms with van der Waals surface area (Å²) in [5, 5.41) is 11.3. The summed E-state index contributed by atoms with van der Waals surface area (Å²) in [5.41, 5.74) is 0.313. The molecule has 1 unspecified atom stereocenters. The van der Waals surface area contributed by atoms with Gasteiger partial charge in [-0.2, -0.15) is 0 Å². The van der Waals surface area contributed by atoms with E-state index in [4.69, 9.17) is 9.52 Å². The number of oxazole rings is 1. The quantitative estimate of drug-likeness (QED) is 0.870. The van der Waals surface area contributed by atoms with E-state index in [0.29, 0.717) is 23.3 Å². The van der Waals surface area contributed by atoms with Crippen LogP contribution in [0.4, 0.5) is 0 Å². The molecule has 0 bridgehead atoms. The Balaban J connectivity index is 3.07. The number of amides is 1. The Labute approximate surface area is 120 Å². The van der Waals surface area contributed by atoms with Gasteiger partial charge in [0.1, 0.15) is 5.76 Å². The first-order valence-corrected chi connectivity index (χ1v) is 7.04. The van der Waals surface area contributed by atoms with E-state index in [0.717, 1.165) is 0 Å². The number of rotatable bonds is 5. The van der Waals surface area contributed by atoms with E-state index in [9.17, 15) is 4.79 Å². The molecule has 0 aliphatic rings. The Bertz CT molecular complexity index is 458. The molecule has 5 nitrogen and oxygen atoms in total. The highest BCUT2D eigenvalue weighted by atomic mass is 16.4. The zero-order chi connectivity index (χ0) is 15.5. The molecule has 0 aliphatic heterocycles. The molecule has 1 amide bonds. The lowest BCUT2D eigenvalue weighted by Crippen LogP contribution is -2.27. The van der Waals surface area contributed by atoms with E-state index in [2.05, 4.69) is 44.9 Å². The van der Waals surface area contributed by atoms with E-state index < -0.39 is 0 Å². The average molecular weight is 282 g/mol. The van der Waals surface area contributed by atoms with E-state index in [-0.39, 0.29) is 30.4 Å². The Morgan fingerprint density at radius 1 is 1.40 bits per heavy atom. The summed E-state index contributed by atoms with van der Waals surface area (Å²) < 4.78 is 5.73. The summed E-state index contributed by atoms with van der Waals surface area (Å²) in [5.74, 6) is 1.33. The first kappa shape index (κ1) is 16.7. The van der Waals surface area contributed by atoms with Crippen LogP contribution in [0, 0.1) is 18.3 Å². The number of aryl methyl sites for hydroxylation is 1. The van der Waals surface area contributed by atoms with E-state index in [1.165, 1.54) is 0 Å². The maximum Gasteiger partial charge on any atom is 0.273 e. The van der Waals surface area contributed by atoms with Crippen molar-refractivity contribution in [3.8, 4) is 0 Å². The third-order valence-corrected chi connectivity index (χ3v) is 3.29. The van der Waals surface area contributed by atoms with E-state index in [1.54, 1.807) is 6.92 Å². The molecular formula is C15H26N2O3. The Morgan fingerprint density at radius 3 is 2.45 bits per heavy atom. The van der Waals surface area contributed by atoms with Crippen LogP contribution in [-0.4, -0.2) is 29.1 Å². The van der Waals surface area contributed by atoms with Crippen molar-refractivity contribution in [3.63, 3.8) is 0 Å². The van der Waals surface area contributed by atoms with Crippen LogP contribution < -0.4 is 5.32 Å². The van der Waals surface area contributed by atoms with Crippen LogP contribution in [0.25, 0.3) is 0 Å².